The fourth-order valence-corrected chi connectivity index (χ4v) is 3.79. The Morgan fingerprint density at radius 3 is 2.33 bits per heavy atom. The lowest BCUT2D eigenvalue weighted by Crippen LogP contribution is -2.27. The van der Waals surface area contributed by atoms with Crippen LogP contribution in [0.25, 0.3) is 0 Å². The Bertz CT molecular complexity index is 764. The van der Waals surface area contributed by atoms with Crippen LogP contribution in [0.15, 0.2) is 36.7 Å². The molecule has 27 heavy (non-hydrogen) atoms. The summed E-state index contributed by atoms with van der Waals surface area (Å²) in [4.78, 5) is 25.7. The van der Waals surface area contributed by atoms with Crippen molar-refractivity contribution in [1.29, 1.82) is 0 Å². The van der Waals surface area contributed by atoms with Crippen LogP contribution in [-0.2, 0) is 13.1 Å². The first-order chi connectivity index (χ1) is 13.3. The first-order valence-corrected chi connectivity index (χ1v) is 9.94. The molecule has 0 unspecified atom stereocenters. The first-order valence-electron chi connectivity index (χ1n) is 9.94. The summed E-state index contributed by atoms with van der Waals surface area (Å²) in [6, 6.07) is 7.94. The third-order valence-electron chi connectivity index (χ3n) is 5.31. The number of carbonyl (C=O) groups is 1. The molecule has 2 aliphatic rings. The summed E-state index contributed by atoms with van der Waals surface area (Å²) in [5, 5.41) is 3.42. The predicted molar refractivity (Wildman–Crippen MR) is 106 cm³/mol. The van der Waals surface area contributed by atoms with Gasteiger partial charge in [-0.05, 0) is 43.4 Å². The monoisotopic (exact) mass is 365 g/mol. The van der Waals surface area contributed by atoms with Gasteiger partial charge in [-0.1, -0.05) is 12.1 Å². The molecule has 0 aliphatic carbocycles. The van der Waals surface area contributed by atoms with Gasteiger partial charge in [-0.3, -0.25) is 4.79 Å². The number of hydrogen-bond donors (Lipinski definition) is 1. The van der Waals surface area contributed by atoms with Crippen LogP contribution in [0.2, 0.25) is 0 Å². The molecule has 6 nitrogen and oxygen atoms in total. The number of nitrogens with zero attached hydrogens (tertiary/aromatic N) is 4. The van der Waals surface area contributed by atoms with Crippen molar-refractivity contribution in [3.63, 3.8) is 0 Å². The maximum absolute atomic E-state index is 12.5. The second-order valence-corrected chi connectivity index (χ2v) is 7.39. The third-order valence-corrected chi connectivity index (χ3v) is 5.31. The van der Waals surface area contributed by atoms with Crippen molar-refractivity contribution in [3.05, 3.63) is 53.3 Å². The molecule has 2 aliphatic heterocycles. The summed E-state index contributed by atoms with van der Waals surface area (Å²) < 4.78 is 0. The van der Waals surface area contributed by atoms with E-state index in [1.165, 1.54) is 12.8 Å². The van der Waals surface area contributed by atoms with E-state index < -0.39 is 0 Å². The van der Waals surface area contributed by atoms with E-state index in [0.717, 1.165) is 68.2 Å². The van der Waals surface area contributed by atoms with Crippen molar-refractivity contribution in [2.24, 2.45) is 0 Å². The number of amides is 1. The smallest absolute Gasteiger partial charge is 0.253 e. The fraction of sp³-hybridized carbons (Fsp3) is 0.476. The Labute approximate surface area is 160 Å². The topological polar surface area (TPSA) is 61.4 Å². The Balaban J connectivity index is 1.29. The SMILES string of the molecule is O=C(c1cccc(CNCc2cnc(N3CCCC3)nc2)c1)N1CCCC1. The number of nitrogens with one attached hydrogen (secondary N) is 1. The van der Waals surface area contributed by atoms with Crippen molar-refractivity contribution in [3.8, 4) is 0 Å². The van der Waals surface area contributed by atoms with Crippen molar-refractivity contribution in [1.82, 2.24) is 20.2 Å². The molecule has 6 heteroatoms. The van der Waals surface area contributed by atoms with Gasteiger partial charge < -0.3 is 15.1 Å². The van der Waals surface area contributed by atoms with E-state index in [1.54, 1.807) is 0 Å². The Hall–Kier alpha value is -2.47. The molecular weight excluding hydrogens is 338 g/mol. The molecule has 2 saturated heterocycles. The Morgan fingerprint density at radius 1 is 0.926 bits per heavy atom. The zero-order valence-corrected chi connectivity index (χ0v) is 15.7. The Morgan fingerprint density at radius 2 is 1.59 bits per heavy atom. The zero-order chi connectivity index (χ0) is 18.5. The van der Waals surface area contributed by atoms with Crippen LogP contribution in [0.1, 0.15) is 47.2 Å². The molecule has 0 saturated carbocycles. The van der Waals surface area contributed by atoms with Crippen LogP contribution in [0.5, 0.6) is 0 Å². The number of anilines is 1. The first kappa shape index (κ1) is 17.9. The van der Waals surface area contributed by atoms with Crippen LogP contribution in [0, 0.1) is 0 Å². The van der Waals surface area contributed by atoms with E-state index in [4.69, 9.17) is 0 Å². The quantitative estimate of drug-likeness (QED) is 0.853. The highest BCUT2D eigenvalue weighted by molar-refractivity contribution is 5.94. The highest BCUT2D eigenvalue weighted by Gasteiger charge is 2.19. The average molecular weight is 365 g/mol. The van der Waals surface area contributed by atoms with Crippen LogP contribution >= 0.6 is 0 Å². The van der Waals surface area contributed by atoms with Gasteiger partial charge in [0, 0.05) is 62.8 Å². The lowest BCUT2D eigenvalue weighted by atomic mass is 10.1. The van der Waals surface area contributed by atoms with Gasteiger partial charge in [0.05, 0.1) is 0 Å². The van der Waals surface area contributed by atoms with Crippen LogP contribution in [0.3, 0.4) is 0 Å². The van der Waals surface area contributed by atoms with Gasteiger partial charge in [0.15, 0.2) is 0 Å². The lowest BCUT2D eigenvalue weighted by molar-refractivity contribution is 0.0792. The fourth-order valence-electron chi connectivity index (χ4n) is 3.79. The minimum absolute atomic E-state index is 0.153. The van der Waals surface area contributed by atoms with Crippen LogP contribution in [-0.4, -0.2) is 47.0 Å². The maximum atomic E-state index is 12.5. The average Bonchev–Trinajstić information content (AvgIpc) is 3.42. The summed E-state index contributed by atoms with van der Waals surface area (Å²) in [6.07, 6.45) is 8.50. The van der Waals surface area contributed by atoms with Crippen molar-refractivity contribution in [2.45, 2.75) is 38.8 Å². The summed E-state index contributed by atoms with van der Waals surface area (Å²) in [6.45, 7) is 5.32. The second kappa shape index (κ2) is 8.48. The van der Waals surface area contributed by atoms with Gasteiger partial charge in [0.2, 0.25) is 5.95 Å². The van der Waals surface area contributed by atoms with Gasteiger partial charge in [0.25, 0.3) is 5.91 Å². The third kappa shape index (κ3) is 4.45. The van der Waals surface area contributed by atoms with Gasteiger partial charge in [-0.2, -0.15) is 0 Å². The van der Waals surface area contributed by atoms with E-state index in [0.29, 0.717) is 6.54 Å². The molecule has 0 bridgehead atoms. The molecule has 2 fully saturated rings. The van der Waals surface area contributed by atoms with E-state index in [2.05, 4.69) is 26.3 Å². The number of hydrogen-bond acceptors (Lipinski definition) is 5. The molecule has 1 amide bonds. The highest BCUT2D eigenvalue weighted by atomic mass is 16.2. The van der Waals surface area contributed by atoms with Crippen LogP contribution in [0.4, 0.5) is 5.95 Å². The standard InChI is InChI=1S/C21H27N5O/c27-20(25-8-1-2-9-25)19-7-5-6-17(12-19)13-22-14-18-15-23-21(24-16-18)26-10-3-4-11-26/h5-7,12,15-16,22H,1-4,8-11,13-14H2. The minimum Gasteiger partial charge on any atom is -0.341 e. The van der Waals surface area contributed by atoms with Crippen molar-refractivity contribution < 1.29 is 4.79 Å². The lowest BCUT2D eigenvalue weighted by Gasteiger charge is -2.16. The molecule has 1 aromatic carbocycles. The van der Waals surface area contributed by atoms with Gasteiger partial charge >= 0.3 is 0 Å². The van der Waals surface area contributed by atoms with Crippen molar-refractivity contribution >= 4 is 11.9 Å². The minimum atomic E-state index is 0.153. The zero-order valence-electron chi connectivity index (χ0n) is 15.7. The largest absolute Gasteiger partial charge is 0.341 e. The second-order valence-electron chi connectivity index (χ2n) is 7.39. The molecule has 0 atom stereocenters. The van der Waals surface area contributed by atoms with Gasteiger partial charge in [0.1, 0.15) is 0 Å². The molecule has 4 rings (SSSR count). The number of benzene rings is 1. The highest BCUT2D eigenvalue weighted by Crippen LogP contribution is 2.16. The molecule has 3 heterocycles. The molecule has 142 valence electrons. The Kier molecular flexibility index (Phi) is 5.63. The molecule has 1 aromatic heterocycles. The van der Waals surface area contributed by atoms with E-state index >= 15 is 0 Å². The normalized spacial score (nSPS) is 16.9. The molecular formula is C21H27N5O. The van der Waals surface area contributed by atoms with Crippen LogP contribution < -0.4 is 10.2 Å². The number of carbonyl (C=O) groups excluding carboxylic acids is 1. The summed E-state index contributed by atoms with van der Waals surface area (Å²) in [5.74, 6) is 0.990. The van der Waals surface area contributed by atoms with E-state index in [9.17, 15) is 4.79 Å². The summed E-state index contributed by atoms with van der Waals surface area (Å²) >= 11 is 0. The predicted octanol–water partition coefficient (Wildman–Crippen LogP) is 2.60. The molecule has 1 N–H and O–H groups in total. The van der Waals surface area contributed by atoms with Gasteiger partial charge in [-0.15, -0.1) is 0 Å². The molecule has 0 spiro atoms. The van der Waals surface area contributed by atoms with E-state index in [1.807, 2.05) is 35.5 Å². The number of rotatable bonds is 6. The number of aromatic nitrogens is 2. The maximum Gasteiger partial charge on any atom is 0.253 e. The van der Waals surface area contributed by atoms with E-state index in [-0.39, 0.29) is 5.91 Å². The summed E-state index contributed by atoms with van der Waals surface area (Å²) in [5.41, 5.74) is 2.98. The van der Waals surface area contributed by atoms with Crippen molar-refractivity contribution in [2.75, 3.05) is 31.1 Å². The molecule has 0 radical (unpaired) electrons. The molecule has 2 aromatic rings. The number of likely N-dealkylation sites (tertiary alicyclic amines) is 1. The summed E-state index contributed by atoms with van der Waals surface area (Å²) in [7, 11) is 0. The van der Waals surface area contributed by atoms with Gasteiger partial charge in [-0.25, -0.2) is 9.97 Å².